The predicted molar refractivity (Wildman–Crippen MR) is 126 cm³/mol. The first-order chi connectivity index (χ1) is 16.4. The Bertz CT molecular complexity index is 1310. The summed E-state index contributed by atoms with van der Waals surface area (Å²) in [6.45, 7) is 2.16. The number of aromatic amines is 1. The van der Waals surface area contributed by atoms with Crippen LogP contribution in [0.25, 0.3) is 10.9 Å². The van der Waals surface area contributed by atoms with Gasteiger partial charge in [0, 0.05) is 23.0 Å². The SMILES string of the molecule is COc1cc(/C=N\N2CC(=O)N3CCc4c([nH]c5ccccc45)[C@]3(C)C2=O)cc(OC)c1OC. The number of hydrogen-bond donors (Lipinski definition) is 1. The number of rotatable bonds is 5. The molecule has 2 aliphatic rings. The molecule has 1 fully saturated rings. The topological polar surface area (TPSA) is 96.5 Å². The molecule has 0 radical (unpaired) electrons. The molecule has 1 saturated heterocycles. The number of ether oxygens (including phenoxy) is 3. The molecule has 9 heteroatoms. The van der Waals surface area contributed by atoms with Crippen LogP contribution in [0.1, 0.15) is 23.7 Å². The number of amides is 2. The zero-order valence-electron chi connectivity index (χ0n) is 19.5. The number of methoxy groups -OCH3 is 3. The Morgan fingerprint density at radius 1 is 1.06 bits per heavy atom. The number of piperazine rings is 1. The Kier molecular flexibility index (Phi) is 5.19. The van der Waals surface area contributed by atoms with E-state index < -0.39 is 5.54 Å². The second-order valence-corrected chi connectivity index (χ2v) is 8.46. The molecule has 3 aromatic rings. The molecule has 1 aromatic heterocycles. The molecule has 0 unspecified atom stereocenters. The van der Waals surface area contributed by atoms with Gasteiger partial charge in [0.2, 0.25) is 11.7 Å². The normalized spacial score (nSPS) is 20.0. The van der Waals surface area contributed by atoms with E-state index >= 15 is 0 Å². The number of benzene rings is 2. The number of fused-ring (bicyclic) bond motifs is 5. The first-order valence-corrected chi connectivity index (χ1v) is 11.0. The summed E-state index contributed by atoms with van der Waals surface area (Å²) in [5, 5.41) is 6.72. The number of carbonyl (C=O) groups excluding carboxylic acids is 2. The third kappa shape index (κ3) is 3.11. The van der Waals surface area contributed by atoms with E-state index in [0.717, 1.165) is 22.2 Å². The summed E-state index contributed by atoms with van der Waals surface area (Å²) >= 11 is 0. The van der Waals surface area contributed by atoms with E-state index in [1.807, 2.05) is 24.3 Å². The molecule has 1 atom stereocenters. The molecule has 2 aromatic carbocycles. The largest absolute Gasteiger partial charge is 0.493 e. The number of carbonyl (C=O) groups is 2. The van der Waals surface area contributed by atoms with Gasteiger partial charge in [-0.2, -0.15) is 5.10 Å². The maximum Gasteiger partial charge on any atom is 0.275 e. The maximum absolute atomic E-state index is 13.8. The Morgan fingerprint density at radius 2 is 1.76 bits per heavy atom. The van der Waals surface area contributed by atoms with E-state index in [2.05, 4.69) is 10.1 Å². The van der Waals surface area contributed by atoms with Crippen molar-refractivity contribution < 1.29 is 23.8 Å². The van der Waals surface area contributed by atoms with Gasteiger partial charge in [-0.15, -0.1) is 0 Å². The van der Waals surface area contributed by atoms with Gasteiger partial charge in [-0.25, -0.2) is 5.01 Å². The molecule has 0 aliphatic carbocycles. The molecule has 0 bridgehead atoms. The minimum atomic E-state index is -1.16. The van der Waals surface area contributed by atoms with E-state index in [0.29, 0.717) is 35.8 Å². The molecular formula is C25H26N4O5. The highest BCUT2D eigenvalue weighted by molar-refractivity contribution is 6.01. The summed E-state index contributed by atoms with van der Waals surface area (Å²) < 4.78 is 16.1. The zero-order chi connectivity index (χ0) is 24.0. The molecule has 0 saturated carbocycles. The number of nitrogens with one attached hydrogen (secondary N) is 1. The lowest BCUT2D eigenvalue weighted by Crippen LogP contribution is -2.65. The van der Waals surface area contributed by atoms with Crippen LogP contribution in [-0.4, -0.2) is 67.3 Å². The first kappa shape index (κ1) is 21.8. The van der Waals surface area contributed by atoms with Crippen molar-refractivity contribution in [1.82, 2.24) is 14.9 Å². The van der Waals surface area contributed by atoms with Gasteiger partial charge >= 0.3 is 0 Å². The van der Waals surface area contributed by atoms with Crippen LogP contribution in [0.2, 0.25) is 0 Å². The molecule has 3 heterocycles. The zero-order valence-corrected chi connectivity index (χ0v) is 19.5. The number of H-pyrrole nitrogens is 1. The standard InChI is InChI=1S/C25H26N4O5/c1-25-23-17(16-7-5-6-8-18(16)27-23)9-10-28(25)21(30)14-29(24(25)31)26-13-15-11-19(32-2)22(34-4)20(12-15)33-3/h5-8,11-13,27H,9-10,14H2,1-4H3/b26-13-/t25-/m1/s1. The van der Waals surface area contributed by atoms with Crippen molar-refractivity contribution in [2.24, 2.45) is 5.10 Å². The average molecular weight is 463 g/mol. The molecule has 9 nitrogen and oxygen atoms in total. The smallest absolute Gasteiger partial charge is 0.275 e. The van der Waals surface area contributed by atoms with Gasteiger partial charge in [-0.3, -0.25) is 9.59 Å². The molecule has 0 spiro atoms. The van der Waals surface area contributed by atoms with Crippen LogP contribution >= 0.6 is 0 Å². The fourth-order valence-electron chi connectivity index (χ4n) is 5.00. The summed E-state index contributed by atoms with van der Waals surface area (Å²) in [6.07, 6.45) is 2.21. The van der Waals surface area contributed by atoms with Gasteiger partial charge in [0.1, 0.15) is 6.54 Å². The van der Waals surface area contributed by atoms with Crippen LogP contribution < -0.4 is 14.2 Å². The van der Waals surface area contributed by atoms with E-state index in [9.17, 15) is 9.59 Å². The van der Waals surface area contributed by atoms with Gasteiger partial charge in [-0.05, 0) is 37.1 Å². The van der Waals surface area contributed by atoms with Crippen molar-refractivity contribution >= 4 is 28.9 Å². The Balaban J connectivity index is 1.53. The third-order valence-electron chi connectivity index (χ3n) is 6.70. The average Bonchev–Trinajstić information content (AvgIpc) is 3.24. The maximum atomic E-state index is 13.8. The number of aromatic nitrogens is 1. The molecule has 5 rings (SSSR count). The lowest BCUT2D eigenvalue weighted by Gasteiger charge is -2.48. The molecule has 2 amide bonds. The summed E-state index contributed by atoms with van der Waals surface area (Å²) in [5.74, 6) is 0.995. The molecule has 1 N–H and O–H groups in total. The number of nitrogens with zero attached hydrogens (tertiary/aromatic N) is 3. The number of para-hydroxylation sites is 1. The first-order valence-electron chi connectivity index (χ1n) is 11.0. The van der Waals surface area contributed by atoms with Crippen molar-refractivity contribution in [3.63, 3.8) is 0 Å². The Morgan fingerprint density at radius 3 is 2.44 bits per heavy atom. The second-order valence-electron chi connectivity index (χ2n) is 8.46. The summed E-state index contributed by atoms with van der Waals surface area (Å²) in [6, 6.07) is 11.4. The summed E-state index contributed by atoms with van der Waals surface area (Å²) in [5.41, 5.74) is 2.26. The molecule has 176 valence electrons. The minimum Gasteiger partial charge on any atom is -0.493 e. The van der Waals surface area contributed by atoms with Crippen LogP contribution in [0.3, 0.4) is 0 Å². The quantitative estimate of drug-likeness (QED) is 0.588. The lowest BCUT2D eigenvalue weighted by atomic mass is 9.83. The number of hydrogen-bond acceptors (Lipinski definition) is 6. The Hall–Kier alpha value is -4.01. The molecule has 2 aliphatic heterocycles. The van der Waals surface area contributed by atoms with Crippen molar-refractivity contribution in [2.45, 2.75) is 18.9 Å². The van der Waals surface area contributed by atoms with Crippen LogP contribution in [0, 0.1) is 0 Å². The minimum absolute atomic E-state index is 0.120. The summed E-state index contributed by atoms with van der Waals surface area (Å²) in [4.78, 5) is 31.9. The van der Waals surface area contributed by atoms with Crippen LogP contribution in [0.5, 0.6) is 17.2 Å². The van der Waals surface area contributed by atoms with E-state index in [4.69, 9.17) is 14.2 Å². The van der Waals surface area contributed by atoms with Crippen molar-refractivity contribution in [1.29, 1.82) is 0 Å². The highest BCUT2D eigenvalue weighted by Crippen LogP contribution is 2.42. The number of hydrazone groups is 1. The van der Waals surface area contributed by atoms with Gasteiger partial charge < -0.3 is 24.1 Å². The highest BCUT2D eigenvalue weighted by atomic mass is 16.5. The lowest BCUT2D eigenvalue weighted by molar-refractivity contribution is -0.165. The fraction of sp³-hybridized carbons (Fsp3) is 0.320. The fourth-order valence-corrected chi connectivity index (χ4v) is 5.00. The van der Waals surface area contributed by atoms with Crippen molar-refractivity contribution in [2.75, 3.05) is 34.4 Å². The third-order valence-corrected chi connectivity index (χ3v) is 6.70. The van der Waals surface area contributed by atoms with Crippen LogP contribution in [0.15, 0.2) is 41.5 Å². The van der Waals surface area contributed by atoms with E-state index in [-0.39, 0.29) is 18.4 Å². The van der Waals surface area contributed by atoms with E-state index in [1.165, 1.54) is 32.6 Å². The van der Waals surface area contributed by atoms with Gasteiger partial charge in [-0.1, -0.05) is 18.2 Å². The summed E-state index contributed by atoms with van der Waals surface area (Å²) in [7, 11) is 4.59. The van der Waals surface area contributed by atoms with Gasteiger partial charge in [0.15, 0.2) is 17.0 Å². The molecule has 34 heavy (non-hydrogen) atoms. The predicted octanol–water partition coefficient (Wildman–Crippen LogP) is 2.67. The van der Waals surface area contributed by atoms with Gasteiger partial charge in [0.25, 0.3) is 5.91 Å². The van der Waals surface area contributed by atoms with Crippen molar-refractivity contribution in [3.05, 3.63) is 53.2 Å². The Labute approximate surface area is 196 Å². The van der Waals surface area contributed by atoms with E-state index in [1.54, 1.807) is 24.0 Å². The van der Waals surface area contributed by atoms with Crippen LogP contribution in [0.4, 0.5) is 0 Å². The monoisotopic (exact) mass is 462 g/mol. The van der Waals surface area contributed by atoms with Gasteiger partial charge in [0.05, 0.1) is 33.2 Å². The second kappa shape index (κ2) is 8.09. The molecular weight excluding hydrogens is 436 g/mol. The van der Waals surface area contributed by atoms with Crippen LogP contribution in [-0.2, 0) is 21.5 Å². The van der Waals surface area contributed by atoms with Crippen molar-refractivity contribution in [3.8, 4) is 17.2 Å². The highest BCUT2D eigenvalue weighted by Gasteiger charge is 2.54.